The van der Waals surface area contributed by atoms with Crippen molar-refractivity contribution >= 4 is 5.97 Å². The van der Waals surface area contributed by atoms with Crippen LogP contribution in [0.3, 0.4) is 0 Å². The van der Waals surface area contributed by atoms with Gasteiger partial charge in [0.25, 0.3) is 0 Å². The van der Waals surface area contributed by atoms with Crippen molar-refractivity contribution in [3.05, 3.63) is 33.9 Å². The first-order valence-corrected chi connectivity index (χ1v) is 7.25. The Balaban J connectivity index is 2.50. The Labute approximate surface area is 125 Å². The number of hydrogen-bond acceptors (Lipinski definition) is 4. The molecular weight excluding hydrogens is 268 g/mol. The number of carbonyl (C=O) groups is 1. The van der Waals surface area contributed by atoms with Crippen LogP contribution in [0.5, 0.6) is 11.5 Å². The molecule has 0 fully saturated rings. The number of esters is 1. The van der Waals surface area contributed by atoms with Crippen molar-refractivity contribution in [2.75, 3.05) is 7.11 Å². The van der Waals surface area contributed by atoms with Gasteiger partial charge >= 0.3 is 5.97 Å². The summed E-state index contributed by atoms with van der Waals surface area (Å²) in [4.78, 5) is 11.8. The molecule has 0 spiro atoms. The van der Waals surface area contributed by atoms with Crippen LogP contribution < -0.4 is 4.74 Å². The minimum absolute atomic E-state index is 0.00417. The zero-order chi connectivity index (χ0) is 15.6. The van der Waals surface area contributed by atoms with Gasteiger partial charge in [0, 0.05) is 11.1 Å². The smallest absolute Gasteiger partial charge is 0.342 e. The Morgan fingerprint density at radius 1 is 1.48 bits per heavy atom. The van der Waals surface area contributed by atoms with E-state index in [0.29, 0.717) is 23.3 Å². The zero-order valence-electron chi connectivity index (χ0n) is 13.1. The topological polar surface area (TPSA) is 55.8 Å². The van der Waals surface area contributed by atoms with Crippen LogP contribution in [0, 0.1) is 6.92 Å². The van der Waals surface area contributed by atoms with E-state index >= 15 is 0 Å². The summed E-state index contributed by atoms with van der Waals surface area (Å²) in [5, 5.41) is 10.4. The average molecular weight is 290 g/mol. The maximum absolute atomic E-state index is 11.8. The van der Waals surface area contributed by atoms with Gasteiger partial charge < -0.3 is 14.6 Å². The Hall–Kier alpha value is -1.97. The second-order valence-corrected chi connectivity index (χ2v) is 5.42. The second-order valence-electron chi connectivity index (χ2n) is 5.42. The second kappa shape index (κ2) is 6.20. The molecule has 1 N–H and O–H groups in total. The van der Waals surface area contributed by atoms with E-state index in [4.69, 9.17) is 9.47 Å². The van der Waals surface area contributed by atoms with Gasteiger partial charge in [-0.2, -0.15) is 0 Å². The molecule has 4 nitrogen and oxygen atoms in total. The Morgan fingerprint density at radius 2 is 2.19 bits per heavy atom. The van der Waals surface area contributed by atoms with Gasteiger partial charge in [-0.1, -0.05) is 25.0 Å². The fourth-order valence-corrected chi connectivity index (χ4v) is 2.80. The molecule has 21 heavy (non-hydrogen) atoms. The molecular formula is C17H22O4. The number of rotatable bonds is 5. The van der Waals surface area contributed by atoms with Crippen molar-refractivity contribution in [1.29, 1.82) is 0 Å². The monoisotopic (exact) mass is 290 g/mol. The van der Waals surface area contributed by atoms with Crippen molar-refractivity contribution in [3.8, 4) is 11.5 Å². The van der Waals surface area contributed by atoms with Gasteiger partial charge in [-0.25, -0.2) is 4.79 Å². The minimum atomic E-state index is -0.455. The summed E-state index contributed by atoms with van der Waals surface area (Å²) >= 11 is 0. The number of phenols is 1. The molecule has 1 aromatic carbocycles. The lowest BCUT2D eigenvalue weighted by atomic mass is 9.94. The van der Waals surface area contributed by atoms with E-state index in [9.17, 15) is 9.90 Å². The van der Waals surface area contributed by atoms with Crippen LogP contribution in [0.25, 0.3) is 0 Å². The summed E-state index contributed by atoms with van der Waals surface area (Å²) < 4.78 is 10.5. The van der Waals surface area contributed by atoms with Crippen LogP contribution in [0.15, 0.2) is 11.6 Å². The Kier molecular flexibility index (Phi) is 4.56. The molecule has 0 saturated heterocycles. The predicted molar refractivity (Wildman–Crippen MR) is 80.9 cm³/mol. The standard InChI is InChI=1S/C17H22O4/c1-5-6-10(2)7-8-12-15(18)14-13(9-21-17(14)19)11(3)16(12)20-4/h7,18H,5-6,8-9H2,1-4H3. The maximum Gasteiger partial charge on any atom is 0.342 e. The van der Waals surface area contributed by atoms with E-state index in [-0.39, 0.29) is 12.4 Å². The summed E-state index contributed by atoms with van der Waals surface area (Å²) in [5.74, 6) is 0.185. The number of methoxy groups -OCH3 is 1. The Bertz CT molecular complexity index is 600. The number of benzene rings is 1. The van der Waals surface area contributed by atoms with Crippen LogP contribution in [-0.2, 0) is 17.8 Å². The highest BCUT2D eigenvalue weighted by Crippen LogP contribution is 2.41. The van der Waals surface area contributed by atoms with Crippen molar-refractivity contribution in [2.45, 2.75) is 46.6 Å². The van der Waals surface area contributed by atoms with Crippen molar-refractivity contribution in [1.82, 2.24) is 0 Å². The molecule has 0 atom stereocenters. The fraction of sp³-hybridized carbons (Fsp3) is 0.471. The number of cyclic esters (lactones) is 1. The van der Waals surface area contributed by atoms with Gasteiger partial charge in [0.15, 0.2) is 0 Å². The third-order valence-corrected chi connectivity index (χ3v) is 3.95. The maximum atomic E-state index is 11.8. The first-order chi connectivity index (χ1) is 10.0. The molecule has 0 radical (unpaired) electrons. The van der Waals surface area contributed by atoms with Crippen LogP contribution in [0.2, 0.25) is 0 Å². The number of phenolic OH excluding ortho intramolecular Hbond substituents is 1. The van der Waals surface area contributed by atoms with Gasteiger partial charge in [-0.3, -0.25) is 0 Å². The SMILES string of the molecule is CCCC(C)=CCc1c(O)c2c(c(C)c1OC)COC2=O. The number of fused-ring (bicyclic) bond motifs is 1. The molecule has 0 amide bonds. The highest BCUT2D eigenvalue weighted by molar-refractivity contribution is 5.98. The fourth-order valence-electron chi connectivity index (χ4n) is 2.80. The number of aromatic hydroxyl groups is 1. The van der Waals surface area contributed by atoms with E-state index in [1.54, 1.807) is 7.11 Å². The van der Waals surface area contributed by atoms with Gasteiger partial charge in [0.2, 0.25) is 0 Å². The predicted octanol–water partition coefficient (Wildman–Crippen LogP) is 3.67. The summed E-state index contributed by atoms with van der Waals surface area (Å²) in [6.07, 6.45) is 4.73. The third-order valence-electron chi connectivity index (χ3n) is 3.95. The van der Waals surface area contributed by atoms with Crippen molar-refractivity contribution in [2.24, 2.45) is 0 Å². The van der Waals surface area contributed by atoms with Gasteiger partial charge in [0.05, 0.1) is 7.11 Å². The number of hydrogen-bond donors (Lipinski definition) is 1. The van der Waals surface area contributed by atoms with Crippen LogP contribution in [0.4, 0.5) is 0 Å². The molecule has 1 aliphatic heterocycles. The summed E-state index contributed by atoms with van der Waals surface area (Å²) in [5.41, 5.74) is 3.81. The Morgan fingerprint density at radius 3 is 2.81 bits per heavy atom. The molecule has 1 aliphatic rings. The summed E-state index contributed by atoms with van der Waals surface area (Å²) in [7, 11) is 1.58. The van der Waals surface area contributed by atoms with Gasteiger partial charge in [-0.05, 0) is 32.3 Å². The molecule has 0 bridgehead atoms. The summed E-state index contributed by atoms with van der Waals surface area (Å²) in [6, 6.07) is 0. The minimum Gasteiger partial charge on any atom is -0.507 e. The highest BCUT2D eigenvalue weighted by Gasteiger charge is 2.31. The third kappa shape index (κ3) is 2.75. The lowest BCUT2D eigenvalue weighted by Crippen LogP contribution is -2.03. The summed E-state index contributed by atoms with van der Waals surface area (Å²) in [6.45, 7) is 6.30. The zero-order valence-corrected chi connectivity index (χ0v) is 13.1. The van der Waals surface area contributed by atoms with E-state index in [2.05, 4.69) is 19.9 Å². The highest BCUT2D eigenvalue weighted by atomic mass is 16.5. The molecule has 0 saturated carbocycles. The van der Waals surface area contributed by atoms with E-state index in [1.807, 2.05) is 6.92 Å². The normalized spacial score (nSPS) is 14.1. The molecule has 4 heteroatoms. The van der Waals surface area contributed by atoms with Gasteiger partial charge in [0.1, 0.15) is 23.7 Å². The molecule has 2 rings (SSSR count). The number of allylic oxidation sites excluding steroid dienone is 2. The van der Waals surface area contributed by atoms with Gasteiger partial charge in [-0.15, -0.1) is 0 Å². The molecule has 0 aromatic heterocycles. The molecule has 0 aliphatic carbocycles. The van der Waals surface area contributed by atoms with Crippen molar-refractivity contribution < 1.29 is 19.4 Å². The van der Waals surface area contributed by atoms with E-state index < -0.39 is 5.97 Å². The lowest BCUT2D eigenvalue weighted by Gasteiger charge is -2.15. The van der Waals surface area contributed by atoms with Crippen LogP contribution in [-0.4, -0.2) is 18.2 Å². The number of ether oxygens (including phenoxy) is 2. The average Bonchev–Trinajstić information content (AvgIpc) is 2.84. The molecule has 114 valence electrons. The van der Waals surface area contributed by atoms with E-state index in [1.165, 1.54) is 5.57 Å². The van der Waals surface area contributed by atoms with Crippen molar-refractivity contribution in [3.63, 3.8) is 0 Å². The lowest BCUT2D eigenvalue weighted by molar-refractivity contribution is 0.0533. The van der Waals surface area contributed by atoms with E-state index in [0.717, 1.165) is 24.0 Å². The molecule has 1 aromatic rings. The largest absolute Gasteiger partial charge is 0.507 e. The quantitative estimate of drug-likeness (QED) is 0.664. The van der Waals surface area contributed by atoms with Crippen LogP contribution >= 0.6 is 0 Å². The molecule has 1 heterocycles. The van der Waals surface area contributed by atoms with Crippen LogP contribution in [0.1, 0.15) is 53.7 Å². The molecule has 0 unspecified atom stereocenters. The number of carbonyl (C=O) groups excluding carboxylic acids is 1. The first-order valence-electron chi connectivity index (χ1n) is 7.25. The first kappa shape index (κ1) is 15.4.